The van der Waals surface area contributed by atoms with Gasteiger partial charge in [0.15, 0.2) is 23.0 Å². The summed E-state index contributed by atoms with van der Waals surface area (Å²) in [5, 5.41) is 48.1. The van der Waals surface area contributed by atoms with Crippen LogP contribution < -0.4 is 16.0 Å². The summed E-state index contributed by atoms with van der Waals surface area (Å²) in [6.45, 7) is 2.44. The Bertz CT molecular complexity index is 1270. The highest BCUT2D eigenvalue weighted by Crippen LogP contribution is 2.54. The Morgan fingerprint density at radius 1 is 1.19 bits per heavy atom. The largest absolute Gasteiger partial charge is 0.508 e. The molecule has 37 heavy (non-hydrogen) atoms. The number of nitrogens with one attached hydrogen (secondary N) is 1. The van der Waals surface area contributed by atoms with Crippen LogP contribution in [0.25, 0.3) is 5.76 Å². The van der Waals surface area contributed by atoms with Crippen LogP contribution in [0.5, 0.6) is 5.75 Å². The molecule has 1 heterocycles. The minimum absolute atomic E-state index is 0.00796. The van der Waals surface area contributed by atoms with Crippen LogP contribution in [-0.2, 0) is 20.8 Å². The van der Waals surface area contributed by atoms with Crippen molar-refractivity contribution < 1.29 is 34.8 Å². The second kappa shape index (κ2) is 9.03. The standard InChI is InChI=1S/C25H33N5O7/c1-6-7-27-23-19(33)14-11(24(28-23)30(4)5)8-10-9-12-16(29(2)3)18(32)15(22(26)36)21(35)25(12,37)20(34)13(10)17(14)31/h10,12,16,31,33,35,37H,6-9H2,1-5H3,(H2,26,36)(H,27,28)/t10-,12-,16-,25-/m0/s1. The van der Waals surface area contributed by atoms with Crippen molar-refractivity contribution in [1.29, 1.82) is 0 Å². The Morgan fingerprint density at radius 2 is 1.84 bits per heavy atom. The number of fused-ring (bicyclic) bond motifs is 3. The molecule has 1 saturated carbocycles. The van der Waals surface area contributed by atoms with Crippen molar-refractivity contribution >= 4 is 34.9 Å². The number of primary amides is 1. The molecule has 4 atom stereocenters. The molecule has 1 aromatic heterocycles. The van der Waals surface area contributed by atoms with Gasteiger partial charge < -0.3 is 36.4 Å². The fraction of sp³-hybridized carbons (Fsp3) is 0.520. The van der Waals surface area contributed by atoms with Crippen molar-refractivity contribution in [3.05, 3.63) is 28.0 Å². The fourth-order valence-electron chi connectivity index (χ4n) is 5.92. The molecule has 3 aliphatic rings. The Hall–Kier alpha value is -3.64. The number of pyridine rings is 1. The lowest BCUT2D eigenvalue weighted by atomic mass is 9.57. The molecular formula is C25H33N5O7. The molecule has 1 fully saturated rings. The van der Waals surface area contributed by atoms with E-state index >= 15 is 0 Å². The molecule has 12 heteroatoms. The van der Waals surface area contributed by atoms with E-state index in [1.54, 1.807) is 33.1 Å². The van der Waals surface area contributed by atoms with Gasteiger partial charge in [0.25, 0.3) is 5.91 Å². The summed E-state index contributed by atoms with van der Waals surface area (Å²) in [6, 6.07) is -1.13. The van der Waals surface area contributed by atoms with Crippen LogP contribution in [0.3, 0.4) is 0 Å². The number of anilines is 2. The monoisotopic (exact) mass is 515 g/mol. The van der Waals surface area contributed by atoms with Gasteiger partial charge >= 0.3 is 0 Å². The molecule has 3 aliphatic carbocycles. The number of ketones is 2. The van der Waals surface area contributed by atoms with Gasteiger partial charge in [-0.3, -0.25) is 19.3 Å². The van der Waals surface area contributed by atoms with Crippen LogP contribution >= 0.6 is 0 Å². The van der Waals surface area contributed by atoms with Crippen molar-refractivity contribution in [3.63, 3.8) is 0 Å². The zero-order valence-corrected chi connectivity index (χ0v) is 21.5. The van der Waals surface area contributed by atoms with E-state index in [0.717, 1.165) is 6.42 Å². The molecule has 0 radical (unpaired) electrons. The zero-order chi connectivity index (χ0) is 27.6. The molecule has 0 bridgehead atoms. The molecule has 200 valence electrons. The SMILES string of the molecule is CCCNc1nc(N(C)C)c2c(c1O)C(O)=C1C(=O)[C@]3(O)C(O)=C(C(N)=O)C(=O)[C@@H](N(C)C)[C@@H]3C[C@@H]1C2. The van der Waals surface area contributed by atoms with E-state index in [1.807, 2.05) is 6.92 Å². The number of hydrogen-bond acceptors (Lipinski definition) is 11. The third kappa shape index (κ3) is 3.65. The first-order valence-corrected chi connectivity index (χ1v) is 12.1. The number of hydrogen-bond donors (Lipinski definition) is 6. The third-order valence-corrected chi connectivity index (χ3v) is 7.53. The number of carbonyl (C=O) groups is 3. The first kappa shape index (κ1) is 26.4. The average molecular weight is 516 g/mol. The molecule has 1 amide bonds. The smallest absolute Gasteiger partial charge is 0.255 e. The minimum atomic E-state index is -2.67. The second-order valence-corrected chi connectivity index (χ2v) is 10.3. The van der Waals surface area contributed by atoms with Crippen molar-refractivity contribution in [2.75, 3.05) is 45.0 Å². The molecule has 7 N–H and O–H groups in total. The van der Waals surface area contributed by atoms with Gasteiger partial charge in [-0.15, -0.1) is 0 Å². The summed E-state index contributed by atoms with van der Waals surface area (Å²) in [5.74, 6) is -6.27. The highest BCUT2D eigenvalue weighted by molar-refractivity contribution is 6.24. The van der Waals surface area contributed by atoms with Crippen LogP contribution in [0, 0.1) is 11.8 Å². The first-order valence-electron chi connectivity index (χ1n) is 12.1. The van der Waals surface area contributed by atoms with Crippen LogP contribution in [0.4, 0.5) is 11.6 Å². The van der Waals surface area contributed by atoms with Gasteiger partial charge in [0.1, 0.15) is 22.9 Å². The van der Waals surface area contributed by atoms with Crippen molar-refractivity contribution in [2.24, 2.45) is 17.6 Å². The molecule has 1 aromatic rings. The normalized spacial score (nSPS) is 27.2. The Kier molecular flexibility index (Phi) is 6.45. The van der Waals surface area contributed by atoms with Crippen molar-refractivity contribution in [3.8, 4) is 5.75 Å². The summed E-state index contributed by atoms with van der Waals surface area (Å²) in [6.07, 6.45) is 0.947. The number of likely N-dealkylation sites (N-methyl/N-ethyl adjacent to an activating group) is 1. The summed E-state index contributed by atoms with van der Waals surface area (Å²) < 4.78 is 0. The van der Waals surface area contributed by atoms with Gasteiger partial charge in [-0.05, 0) is 39.3 Å². The minimum Gasteiger partial charge on any atom is -0.508 e. The van der Waals surface area contributed by atoms with Gasteiger partial charge in [-0.1, -0.05) is 6.92 Å². The van der Waals surface area contributed by atoms with E-state index in [2.05, 4.69) is 10.3 Å². The van der Waals surface area contributed by atoms with E-state index in [0.29, 0.717) is 17.9 Å². The van der Waals surface area contributed by atoms with E-state index in [1.165, 1.54) is 4.90 Å². The third-order valence-electron chi connectivity index (χ3n) is 7.53. The molecule has 12 nitrogen and oxygen atoms in total. The molecule has 4 rings (SSSR count). The molecular weight excluding hydrogens is 482 g/mol. The zero-order valence-electron chi connectivity index (χ0n) is 21.5. The van der Waals surface area contributed by atoms with Gasteiger partial charge in [0.2, 0.25) is 5.78 Å². The number of aromatic nitrogens is 1. The fourth-order valence-corrected chi connectivity index (χ4v) is 5.92. The van der Waals surface area contributed by atoms with Crippen LogP contribution in [0.2, 0.25) is 0 Å². The lowest BCUT2D eigenvalue weighted by Gasteiger charge is -2.50. The average Bonchev–Trinajstić information content (AvgIpc) is 2.80. The number of Topliss-reactive ketones (excluding diaryl/α,β-unsaturated/α-hetero) is 2. The summed E-state index contributed by atoms with van der Waals surface area (Å²) in [5.41, 5.74) is 2.17. The number of nitrogens with zero attached hydrogens (tertiary/aromatic N) is 3. The number of amides is 1. The van der Waals surface area contributed by atoms with Crippen molar-refractivity contribution in [2.45, 2.75) is 37.8 Å². The Morgan fingerprint density at radius 3 is 2.38 bits per heavy atom. The van der Waals surface area contributed by atoms with Gasteiger partial charge in [0, 0.05) is 37.7 Å². The molecule has 0 aliphatic heterocycles. The predicted octanol–water partition coefficient (Wildman–Crippen LogP) is 0.247. The molecule has 0 spiro atoms. The van der Waals surface area contributed by atoms with E-state index in [-0.39, 0.29) is 35.5 Å². The van der Waals surface area contributed by atoms with Crippen LogP contribution in [0.1, 0.15) is 30.9 Å². The van der Waals surface area contributed by atoms with Crippen LogP contribution in [0.15, 0.2) is 16.9 Å². The van der Waals surface area contributed by atoms with Crippen LogP contribution in [-0.4, -0.2) is 94.2 Å². The second-order valence-electron chi connectivity index (χ2n) is 10.3. The molecule has 0 saturated heterocycles. The Labute approximate surface area is 214 Å². The highest BCUT2D eigenvalue weighted by atomic mass is 16.3. The molecule has 0 aromatic carbocycles. The van der Waals surface area contributed by atoms with Gasteiger partial charge in [0.05, 0.1) is 11.6 Å². The number of rotatable bonds is 6. The van der Waals surface area contributed by atoms with Gasteiger partial charge in [-0.25, -0.2) is 4.98 Å². The number of aliphatic hydroxyl groups excluding tert-OH is 2. The predicted molar refractivity (Wildman–Crippen MR) is 135 cm³/mol. The van der Waals surface area contributed by atoms with E-state index < -0.39 is 58.0 Å². The maximum Gasteiger partial charge on any atom is 0.255 e. The number of aromatic hydroxyl groups is 1. The van der Waals surface area contributed by atoms with E-state index in [4.69, 9.17) is 5.73 Å². The Balaban J connectivity index is 1.98. The summed E-state index contributed by atoms with van der Waals surface area (Å²) in [4.78, 5) is 46.9. The lowest BCUT2D eigenvalue weighted by molar-refractivity contribution is -0.153. The quantitative estimate of drug-likeness (QED) is 0.285. The molecule has 0 unspecified atom stereocenters. The van der Waals surface area contributed by atoms with E-state index in [9.17, 15) is 34.8 Å². The number of nitrogens with two attached hydrogens (primary N) is 1. The maximum atomic E-state index is 13.9. The first-order chi connectivity index (χ1) is 17.3. The van der Waals surface area contributed by atoms with Gasteiger partial charge in [-0.2, -0.15) is 0 Å². The number of carbonyl (C=O) groups excluding carboxylic acids is 3. The summed E-state index contributed by atoms with van der Waals surface area (Å²) in [7, 11) is 6.65. The lowest BCUT2D eigenvalue weighted by Crippen LogP contribution is -2.65. The maximum absolute atomic E-state index is 13.9. The topological polar surface area (TPSA) is 190 Å². The highest BCUT2D eigenvalue weighted by Gasteiger charge is 2.64. The number of aliphatic hydroxyl groups is 3. The summed E-state index contributed by atoms with van der Waals surface area (Å²) >= 11 is 0. The van der Waals surface area contributed by atoms with Crippen molar-refractivity contribution in [1.82, 2.24) is 9.88 Å².